The highest BCUT2D eigenvalue weighted by Gasteiger charge is 2.45. The number of amides is 5. The Morgan fingerprint density at radius 2 is 0.790 bits per heavy atom. The number of hydrogen-bond acceptors (Lipinski definition) is 25. The van der Waals surface area contributed by atoms with Crippen LogP contribution in [0, 0.1) is 17.8 Å². The van der Waals surface area contributed by atoms with Crippen LogP contribution in [0.25, 0.3) is 0 Å². The quantitative estimate of drug-likeness (QED) is 0.0201. The van der Waals surface area contributed by atoms with Crippen LogP contribution in [0.1, 0.15) is 78.6 Å². The molecule has 3 saturated heterocycles. The molecule has 0 radical (unpaired) electrons. The first kappa shape index (κ1) is 71.8. The van der Waals surface area contributed by atoms with Gasteiger partial charge in [-0.1, -0.05) is 20.8 Å². The number of rotatable bonds is 42. The summed E-state index contributed by atoms with van der Waals surface area (Å²) in [6.07, 6.45) is -12.2. The Balaban J connectivity index is 1.59. The third-order valence-electron chi connectivity index (χ3n) is 13.7. The first-order chi connectivity index (χ1) is 38.8. The molecule has 0 aromatic rings. The molecule has 81 heavy (non-hydrogen) atoms. The summed E-state index contributed by atoms with van der Waals surface area (Å²) in [4.78, 5) is 69.8. The van der Waals surface area contributed by atoms with Crippen LogP contribution in [-0.4, -0.2) is 274 Å². The molecule has 0 bridgehead atoms. The molecule has 30 heteroatoms. The van der Waals surface area contributed by atoms with Crippen LogP contribution in [0.2, 0.25) is 0 Å². The van der Waals surface area contributed by atoms with Crippen LogP contribution in [0.3, 0.4) is 0 Å². The predicted molar refractivity (Wildman–Crippen MR) is 279 cm³/mol. The molecule has 5 amide bonds. The molecule has 0 aromatic carbocycles. The lowest BCUT2D eigenvalue weighted by Crippen LogP contribution is -2.58. The monoisotopic (exact) mass is 1180 g/mol. The smallest absolute Gasteiger partial charge is 0.245 e. The van der Waals surface area contributed by atoms with Crippen molar-refractivity contribution in [2.24, 2.45) is 17.8 Å². The van der Waals surface area contributed by atoms with Gasteiger partial charge in [0.2, 0.25) is 29.5 Å². The molecule has 472 valence electrons. The molecule has 3 heterocycles. The molecule has 0 aliphatic carbocycles. The number of nitrogens with one attached hydrogen (secondary N) is 5. The average molecular weight is 1180 g/mol. The maximum atomic E-state index is 13.6. The van der Waals surface area contributed by atoms with Crippen molar-refractivity contribution >= 4 is 29.5 Å². The number of ether oxygens (including phenoxy) is 10. The Hall–Kier alpha value is -3.45. The van der Waals surface area contributed by atoms with Gasteiger partial charge in [-0.2, -0.15) is 0 Å². The average Bonchev–Trinajstić information content (AvgIpc) is 3.46. The Bertz CT molecular complexity index is 1620. The third kappa shape index (κ3) is 26.2. The lowest BCUT2D eigenvalue weighted by molar-refractivity contribution is -0.284. The number of aliphatic hydroxyl groups is 9. The highest BCUT2D eigenvalue weighted by atomic mass is 16.7. The van der Waals surface area contributed by atoms with Gasteiger partial charge in [-0.25, -0.2) is 5.48 Å². The molecular formula is C51H93N5O25. The summed E-state index contributed by atoms with van der Waals surface area (Å²) in [5.74, 6) is -3.92. The van der Waals surface area contributed by atoms with Crippen molar-refractivity contribution in [2.75, 3.05) is 119 Å². The van der Waals surface area contributed by atoms with Gasteiger partial charge in [-0.15, -0.1) is 0 Å². The summed E-state index contributed by atoms with van der Waals surface area (Å²) in [7, 11) is 1.55. The van der Waals surface area contributed by atoms with E-state index in [9.17, 15) is 69.9 Å². The minimum atomic E-state index is -1.48. The number of hydrogen-bond donors (Lipinski definition) is 14. The summed E-state index contributed by atoms with van der Waals surface area (Å²) in [5.41, 5.74) is 0.788. The van der Waals surface area contributed by atoms with Crippen molar-refractivity contribution in [1.29, 1.82) is 0 Å². The van der Waals surface area contributed by atoms with Gasteiger partial charge in [-0.3, -0.25) is 28.8 Å². The molecule has 3 fully saturated rings. The lowest BCUT2D eigenvalue weighted by atomic mass is 9.92. The van der Waals surface area contributed by atoms with E-state index in [1.165, 1.54) is 0 Å². The van der Waals surface area contributed by atoms with Gasteiger partial charge in [0.1, 0.15) is 42.2 Å². The zero-order valence-corrected chi connectivity index (χ0v) is 47.1. The number of carbonyl (C=O) groups excluding carboxylic acids is 5. The Morgan fingerprint density at radius 1 is 0.432 bits per heavy atom. The van der Waals surface area contributed by atoms with E-state index in [2.05, 4.69) is 26.7 Å². The van der Waals surface area contributed by atoms with Gasteiger partial charge in [0.15, 0.2) is 18.9 Å². The fourth-order valence-electron chi connectivity index (χ4n) is 8.63. The summed E-state index contributed by atoms with van der Waals surface area (Å²) < 4.78 is 56.6. The van der Waals surface area contributed by atoms with Gasteiger partial charge in [-0.05, 0) is 25.7 Å². The fourth-order valence-corrected chi connectivity index (χ4v) is 8.63. The molecule has 0 aromatic heterocycles. The Kier molecular flexibility index (Phi) is 35.4. The van der Waals surface area contributed by atoms with Crippen molar-refractivity contribution in [2.45, 2.75) is 158 Å². The summed E-state index contributed by atoms with van der Waals surface area (Å²) in [5, 5.41) is 101. The van der Waals surface area contributed by atoms with E-state index in [1.54, 1.807) is 27.9 Å². The Morgan fingerprint density at radius 3 is 1.19 bits per heavy atom. The van der Waals surface area contributed by atoms with Crippen molar-refractivity contribution in [3.8, 4) is 0 Å². The van der Waals surface area contributed by atoms with E-state index < -0.39 is 129 Å². The van der Waals surface area contributed by atoms with Crippen LogP contribution in [0.4, 0.5) is 0 Å². The van der Waals surface area contributed by atoms with Crippen molar-refractivity contribution in [3.63, 3.8) is 0 Å². The zero-order chi connectivity index (χ0) is 59.7. The molecule has 15 atom stereocenters. The van der Waals surface area contributed by atoms with E-state index in [0.717, 1.165) is 0 Å². The largest absolute Gasteiger partial charge is 0.394 e. The molecule has 3 rings (SSSR count). The SMILES string of the molecule is COCCCNC(=O)CCCC(=O)NC(COCCC(=O)NCCCO[C@@H]1OC(CO)[C@H](O)[C@H](O)C1C)(COCCC(=O)NCCCO[C@@H]1OC(CO)[C@H](O)[C@H](O)C1C)COCCC(=O)NOCCO[C@@H]1OC(CO)[C@H](O)[C@H](O)C1C. The summed E-state index contributed by atoms with van der Waals surface area (Å²) in [6, 6.07) is 0. The van der Waals surface area contributed by atoms with Crippen LogP contribution < -0.4 is 26.7 Å². The maximum absolute atomic E-state index is 13.6. The second kappa shape index (κ2) is 40.0. The second-order valence-corrected chi connectivity index (χ2v) is 20.4. The minimum absolute atomic E-state index is 0.0451. The topological polar surface area (TPSA) is 429 Å². The molecular weight excluding hydrogens is 1080 g/mol. The number of carbonyl (C=O) groups is 5. The van der Waals surface area contributed by atoms with Crippen LogP contribution in [-0.2, 0) is 76.2 Å². The standard InChI is InChI=1S/C51H93N5O25/c1-31-42(65)45(68)34(25-57)79-48(31)75-18-7-15-53-38(61)11-20-72-28-51(55-40(63)10-5-9-37(60)52-14-6-17-71-4,29-73-21-12-39(62)54-16-8-19-76-49-32(2)43(66)46(69)35(26-58)80-49)30-74-22-13-41(64)56-78-24-23-77-50-33(3)44(67)47(70)36(27-59)81-50/h31-36,42-50,57-59,65-70H,5-30H2,1-4H3,(H,52,60)(H,53,61)(H,54,62)(H,55,63)(H,56,64)/t31?,32?,33?,34?,35?,36?,42-,43-,44-,45+,46+,47+,48-,49-,50-,51?/m1/s1. The van der Waals surface area contributed by atoms with Gasteiger partial charge < -0.3 is 115 Å². The van der Waals surface area contributed by atoms with Crippen molar-refractivity contribution < 1.29 is 122 Å². The molecule has 6 unspecified atom stereocenters. The highest BCUT2D eigenvalue weighted by molar-refractivity contribution is 5.79. The molecule has 0 saturated carbocycles. The van der Waals surface area contributed by atoms with E-state index >= 15 is 0 Å². The van der Waals surface area contributed by atoms with Crippen LogP contribution in [0.15, 0.2) is 0 Å². The lowest BCUT2D eigenvalue weighted by Gasteiger charge is -2.40. The van der Waals surface area contributed by atoms with Crippen LogP contribution >= 0.6 is 0 Å². The van der Waals surface area contributed by atoms with Gasteiger partial charge in [0.25, 0.3) is 0 Å². The number of aliphatic hydroxyl groups excluding tert-OH is 9. The van der Waals surface area contributed by atoms with E-state index in [1.807, 2.05) is 0 Å². The third-order valence-corrected chi connectivity index (χ3v) is 13.7. The molecule has 30 nitrogen and oxygen atoms in total. The summed E-state index contributed by atoms with van der Waals surface area (Å²) in [6.45, 7) is 3.23. The van der Waals surface area contributed by atoms with Gasteiger partial charge in [0.05, 0.1) is 111 Å². The maximum Gasteiger partial charge on any atom is 0.245 e. The molecule has 14 N–H and O–H groups in total. The Labute approximate surface area is 472 Å². The number of methoxy groups -OCH3 is 1. The molecule has 3 aliphatic heterocycles. The normalized spacial score (nSPS) is 29.3. The van der Waals surface area contributed by atoms with Gasteiger partial charge in [0, 0.05) is 76.8 Å². The van der Waals surface area contributed by atoms with E-state index in [4.69, 9.17) is 52.2 Å². The van der Waals surface area contributed by atoms with Crippen LogP contribution in [0.5, 0.6) is 0 Å². The first-order valence-electron chi connectivity index (χ1n) is 27.8. The molecule has 3 aliphatic rings. The second-order valence-electron chi connectivity index (χ2n) is 20.4. The fraction of sp³-hybridized carbons (Fsp3) is 0.902. The highest BCUT2D eigenvalue weighted by Crippen LogP contribution is 2.29. The zero-order valence-electron chi connectivity index (χ0n) is 47.1. The first-order valence-corrected chi connectivity index (χ1v) is 27.8. The van der Waals surface area contributed by atoms with E-state index in [0.29, 0.717) is 32.4 Å². The summed E-state index contributed by atoms with van der Waals surface area (Å²) >= 11 is 0. The van der Waals surface area contributed by atoms with Crippen molar-refractivity contribution in [1.82, 2.24) is 26.7 Å². The van der Waals surface area contributed by atoms with Gasteiger partial charge >= 0.3 is 0 Å². The number of hydroxylamine groups is 1. The van der Waals surface area contributed by atoms with Crippen molar-refractivity contribution in [3.05, 3.63) is 0 Å². The molecule has 0 spiro atoms. The van der Waals surface area contributed by atoms with E-state index in [-0.39, 0.29) is 135 Å². The predicted octanol–water partition coefficient (Wildman–Crippen LogP) is -5.28. The minimum Gasteiger partial charge on any atom is -0.394 e.